The Morgan fingerprint density at radius 3 is 2.67 bits per heavy atom. The van der Waals surface area contributed by atoms with Crippen LogP contribution in [0, 0.1) is 0 Å². The van der Waals surface area contributed by atoms with Gasteiger partial charge in [0, 0.05) is 24.4 Å². The van der Waals surface area contributed by atoms with Gasteiger partial charge in [0.1, 0.15) is 11.3 Å². The Balaban J connectivity index is 1.61. The van der Waals surface area contributed by atoms with E-state index in [4.69, 9.17) is 14.2 Å². The number of hydrogen-bond acceptors (Lipinski definition) is 6. The number of ether oxygens (including phenoxy) is 3. The first-order valence-electron chi connectivity index (χ1n) is 9.44. The number of rotatable bonds is 6. The maximum Gasteiger partial charge on any atom is 0.257 e. The molecular weight excluding hydrogens is 388 g/mol. The molecule has 0 aliphatic carbocycles. The van der Waals surface area contributed by atoms with Crippen LogP contribution in [0.25, 0.3) is 10.9 Å². The fourth-order valence-electron chi connectivity index (χ4n) is 3.36. The number of nitrogens with one attached hydrogen (secondary N) is 1. The quantitative estimate of drug-likeness (QED) is 0.629. The monoisotopic (exact) mass is 408 g/mol. The lowest BCUT2D eigenvalue weighted by molar-refractivity contribution is 0.0903. The molecule has 1 amide bonds. The number of aromatic nitrogens is 1. The van der Waals surface area contributed by atoms with Gasteiger partial charge in [-0.15, -0.1) is 0 Å². The molecule has 0 saturated carbocycles. The standard InChI is InChI=1S/C22H20N2O6/c1-3-24-11-16(21(26)15-8-19-20(9-17(15)24)30-12-29-19)22(27)23-10-18(25)13-5-4-6-14(7-13)28-2/h4-9,11H,3,10,12H2,1-2H3,(H,23,27). The number of hydrogen-bond donors (Lipinski definition) is 1. The van der Waals surface area contributed by atoms with Crippen LogP contribution in [-0.2, 0) is 6.54 Å². The van der Waals surface area contributed by atoms with Crippen molar-refractivity contribution in [3.63, 3.8) is 0 Å². The Morgan fingerprint density at radius 1 is 1.17 bits per heavy atom. The second-order valence-electron chi connectivity index (χ2n) is 6.72. The molecule has 1 aliphatic heterocycles. The Labute approximate surface area is 172 Å². The maximum atomic E-state index is 13.0. The summed E-state index contributed by atoms with van der Waals surface area (Å²) in [6.45, 7) is 2.30. The van der Waals surface area contributed by atoms with Crippen LogP contribution in [0.1, 0.15) is 27.6 Å². The largest absolute Gasteiger partial charge is 0.497 e. The number of pyridine rings is 1. The fourth-order valence-corrected chi connectivity index (χ4v) is 3.36. The van der Waals surface area contributed by atoms with E-state index in [1.807, 2.05) is 6.92 Å². The first-order valence-corrected chi connectivity index (χ1v) is 9.44. The number of ketones is 1. The molecule has 1 aliphatic rings. The molecule has 8 heteroatoms. The van der Waals surface area contributed by atoms with Gasteiger partial charge in [-0.25, -0.2) is 0 Å². The van der Waals surface area contributed by atoms with Crippen molar-refractivity contribution in [3.8, 4) is 17.2 Å². The zero-order valence-corrected chi connectivity index (χ0v) is 16.6. The van der Waals surface area contributed by atoms with E-state index < -0.39 is 11.3 Å². The molecule has 4 rings (SSSR count). The van der Waals surface area contributed by atoms with Crippen LogP contribution in [0.4, 0.5) is 0 Å². The van der Waals surface area contributed by atoms with Crippen molar-refractivity contribution < 1.29 is 23.8 Å². The number of Topliss-reactive ketones (excluding diaryl/α,β-unsaturated/α-hetero) is 1. The van der Waals surface area contributed by atoms with Crippen molar-refractivity contribution in [1.82, 2.24) is 9.88 Å². The van der Waals surface area contributed by atoms with Crippen LogP contribution in [0.5, 0.6) is 17.2 Å². The molecule has 3 aromatic rings. The van der Waals surface area contributed by atoms with E-state index in [0.29, 0.717) is 40.3 Å². The summed E-state index contributed by atoms with van der Waals surface area (Å²) in [6.07, 6.45) is 1.50. The lowest BCUT2D eigenvalue weighted by atomic mass is 10.1. The van der Waals surface area contributed by atoms with Crippen LogP contribution in [0.15, 0.2) is 47.4 Å². The van der Waals surface area contributed by atoms with E-state index in [9.17, 15) is 14.4 Å². The smallest absolute Gasteiger partial charge is 0.257 e. The molecular formula is C22H20N2O6. The Morgan fingerprint density at radius 2 is 1.93 bits per heavy atom. The van der Waals surface area contributed by atoms with Gasteiger partial charge in [0.2, 0.25) is 12.2 Å². The molecule has 2 aromatic carbocycles. The van der Waals surface area contributed by atoms with Crippen molar-refractivity contribution in [2.24, 2.45) is 0 Å². The zero-order chi connectivity index (χ0) is 21.3. The van der Waals surface area contributed by atoms with Gasteiger partial charge in [-0.1, -0.05) is 12.1 Å². The van der Waals surface area contributed by atoms with Gasteiger partial charge in [0.05, 0.1) is 24.6 Å². The molecule has 1 aromatic heterocycles. The van der Waals surface area contributed by atoms with E-state index in [1.165, 1.54) is 13.3 Å². The lowest BCUT2D eigenvalue weighted by Crippen LogP contribution is -2.33. The summed E-state index contributed by atoms with van der Waals surface area (Å²) in [6, 6.07) is 9.97. The number of fused-ring (bicyclic) bond motifs is 2. The van der Waals surface area contributed by atoms with Crippen LogP contribution >= 0.6 is 0 Å². The van der Waals surface area contributed by atoms with E-state index in [0.717, 1.165) is 0 Å². The number of carbonyl (C=O) groups excluding carboxylic acids is 2. The summed E-state index contributed by atoms with van der Waals surface area (Å²) in [4.78, 5) is 38.1. The van der Waals surface area contributed by atoms with Crippen LogP contribution in [0.2, 0.25) is 0 Å². The predicted octanol–water partition coefficient (Wildman–Crippen LogP) is 2.37. The molecule has 2 heterocycles. The van der Waals surface area contributed by atoms with E-state index >= 15 is 0 Å². The second kappa shape index (κ2) is 7.90. The molecule has 0 atom stereocenters. The number of carbonyl (C=O) groups is 2. The number of methoxy groups -OCH3 is 1. The van der Waals surface area contributed by atoms with Crippen molar-refractivity contribution >= 4 is 22.6 Å². The minimum Gasteiger partial charge on any atom is -0.497 e. The number of nitrogens with zero attached hydrogens (tertiary/aromatic N) is 1. The maximum absolute atomic E-state index is 13.0. The number of aryl methyl sites for hydroxylation is 1. The van der Waals surface area contributed by atoms with Crippen molar-refractivity contribution in [1.29, 1.82) is 0 Å². The van der Waals surface area contributed by atoms with Gasteiger partial charge in [-0.2, -0.15) is 0 Å². The Hall–Kier alpha value is -3.81. The molecule has 0 radical (unpaired) electrons. The summed E-state index contributed by atoms with van der Waals surface area (Å²) < 4.78 is 17.6. The summed E-state index contributed by atoms with van der Waals surface area (Å²) in [5, 5.41) is 2.90. The molecule has 0 saturated heterocycles. The van der Waals surface area contributed by atoms with Crippen molar-refractivity contribution in [2.75, 3.05) is 20.4 Å². The Bertz CT molecular complexity index is 1210. The fraction of sp³-hybridized carbons (Fsp3) is 0.227. The third kappa shape index (κ3) is 3.47. The molecule has 0 unspecified atom stereocenters. The highest BCUT2D eigenvalue weighted by molar-refractivity contribution is 6.03. The van der Waals surface area contributed by atoms with Crippen LogP contribution < -0.4 is 25.0 Å². The van der Waals surface area contributed by atoms with E-state index in [1.54, 1.807) is 41.0 Å². The zero-order valence-electron chi connectivity index (χ0n) is 16.6. The highest BCUT2D eigenvalue weighted by Crippen LogP contribution is 2.35. The van der Waals surface area contributed by atoms with E-state index in [-0.39, 0.29) is 24.7 Å². The van der Waals surface area contributed by atoms with Gasteiger partial charge in [-0.05, 0) is 25.1 Å². The van der Waals surface area contributed by atoms with Gasteiger partial charge in [-0.3, -0.25) is 14.4 Å². The highest BCUT2D eigenvalue weighted by atomic mass is 16.7. The minimum absolute atomic E-state index is 0.0401. The number of amides is 1. The third-order valence-corrected chi connectivity index (χ3v) is 4.96. The molecule has 154 valence electrons. The summed E-state index contributed by atoms with van der Waals surface area (Å²) in [5.74, 6) is 0.671. The Kier molecular flexibility index (Phi) is 5.14. The summed E-state index contributed by atoms with van der Waals surface area (Å²) in [7, 11) is 1.51. The van der Waals surface area contributed by atoms with Gasteiger partial charge >= 0.3 is 0 Å². The lowest BCUT2D eigenvalue weighted by Gasteiger charge is -2.12. The van der Waals surface area contributed by atoms with Crippen LogP contribution in [0.3, 0.4) is 0 Å². The molecule has 0 spiro atoms. The topological polar surface area (TPSA) is 95.9 Å². The van der Waals surface area contributed by atoms with Gasteiger partial charge in [0.15, 0.2) is 17.3 Å². The highest BCUT2D eigenvalue weighted by Gasteiger charge is 2.21. The van der Waals surface area contributed by atoms with Crippen LogP contribution in [-0.4, -0.2) is 36.7 Å². The van der Waals surface area contributed by atoms with Crippen molar-refractivity contribution in [2.45, 2.75) is 13.5 Å². The SMILES string of the molecule is CCn1cc(C(=O)NCC(=O)c2cccc(OC)c2)c(=O)c2cc3c(cc21)OCO3. The first-order chi connectivity index (χ1) is 14.5. The minimum atomic E-state index is -0.613. The second-order valence-corrected chi connectivity index (χ2v) is 6.72. The molecule has 8 nitrogen and oxygen atoms in total. The number of benzene rings is 2. The third-order valence-electron chi connectivity index (χ3n) is 4.96. The molecule has 30 heavy (non-hydrogen) atoms. The molecule has 1 N–H and O–H groups in total. The normalized spacial score (nSPS) is 12.1. The average molecular weight is 408 g/mol. The first kappa shape index (κ1) is 19.5. The van der Waals surface area contributed by atoms with E-state index in [2.05, 4.69) is 5.32 Å². The molecule has 0 bridgehead atoms. The van der Waals surface area contributed by atoms with Crippen molar-refractivity contribution in [3.05, 3.63) is 63.9 Å². The summed E-state index contributed by atoms with van der Waals surface area (Å²) in [5.41, 5.74) is 0.587. The van der Waals surface area contributed by atoms with Gasteiger partial charge < -0.3 is 24.1 Å². The predicted molar refractivity (Wildman–Crippen MR) is 110 cm³/mol. The summed E-state index contributed by atoms with van der Waals surface area (Å²) >= 11 is 0. The average Bonchev–Trinajstić information content (AvgIpc) is 3.24. The van der Waals surface area contributed by atoms with Gasteiger partial charge in [0.25, 0.3) is 5.91 Å². The molecule has 0 fully saturated rings.